The number of likely N-dealkylation sites (N-methyl/N-ethyl adjacent to an activating group) is 1. The molecular weight excluding hydrogens is 704 g/mol. The maximum Gasteiger partial charge on any atom is 0.311 e. The van der Waals surface area contributed by atoms with Crippen molar-refractivity contribution in [3.05, 3.63) is 0 Å². The molecule has 15 nitrogen and oxygen atoms in total. The minimum Gasteiger partial charge on any atom is -0.459 e. The highest BCUT2D eigenvalue weighted by atomic mass is 16.7. The topological polar surface area (TPSA) is 223 Å². The Morgan fingerprint density at radius 1 is 0.907 bits per heavy atom. The van der Waals surface area contributed by atoms with Crippen LogP contribution >= 0.6 is 0 Å². The number of methoxy groups -OCH3 is 1. The zero-order chi connectivity index (χ0) is 41.1. The standard InChI is InChI=1S/C39H74N2O13/c1-13-27-39(10,48)32(44)22(4)29(42)20(2)18-37(8,47)34(54-36-30(43)26(17-21(3)50-36)41(11)16-14-15-40)23(5)31(24(6)35(46)52-27)53-28-19-38(9,49-12)33(45)25(7)51-28/h20-34,36,42-45,47-48H,13-19,40H2,1-12H3/t20-,21-,22+,23+,24-,25+,26+,27-,28+,29+,30-,31+,32-,33+,34-,36+,37-,38-,39-/m1/s1. The number of aliphatic hydroxyl groups excluding tert-OH is 4. The molecule has 318 valence electrons. The Balaban J connectivity index is 2.17. The summed E-state index contributed by atoms with van der Waals surface area (Å²) in [5.74, 6) is -4.17. The summed E-state index contributed by atoms with van der Waals surface area (Å²) >= 11 is 0. The fraction of sp³-hybridized carbons (Fsp3) is 0.974. The van der Waals surface area contributed by atoms with Crippen LogP contribution in [0.15, 0.2) is 0 Å². The third-order valence-electron chi connectivity index (χ3n) is 12.7. The Morgan fingerprint density at radius 3 is 2.11 bits per heavy atom. The molecule has 3 rings (SSSR count). The van der Waals surface area contributed by atoms with E-state index in [2.05, 4.69) is 0 Å². The van der Waals surface area contributed by atoms with Gasteiger partial charge in [-0.1, -0.05) is 27.7 Å². The predicted octanol–water partition coefficient (Wildman–Crippen LogP) is 1.30. The van der Waals surface area contributed by atoms with Crippen LogP contribution < -0.4 is 5.73 Å². The number of rotatable bonds is 10. The van der Waals surface area contributed by atoms with E-state index in [9.17, 15) is 35.4 Å². The van der Waals surface area contributed by atoms with E-state index in [4.69, 9.17) is 34.2 Å². The van der Waals surface area contributed by atoms with Gasteiger partial charge in [-0.3, -0.25) is 4.79 Å². The molecule has 3 fully saturated rings. The van der Waals surface area contributed by atoms with Gasteiger partial charge in [-0.2, -0.15) is 0 Å². The zero-order valence-corrected chi connectivity index (χ0v) is 34.8. The van der Waals surface area contributed by atoms with Crippen LogP contribution in [0, 0.1) is 23.7 Å². The lowest BCUT2D eigenvalue weighted by Crippen LogP contribution is -2.61. The van der Waals surface area contributed by atoms with Crippen molar-refractivity contribution in [2.75, 3.05) is 27.2 Å². The van der Waals surface area contributed by atoms with Crippen LogP contribution in [0.4, 0.5) is 0 Å². The third kappa shape index (κ3) is 10.5. The van der Waals surface area contributed by atoms with Crippen LogP contribution in [0.3, 0.4) is 0 Å². The Morgan fingerprint density at radius 2 is 1.54 bits per heavy atom. The number of nitrogens with zero attached hydrogens (tertiary/aromatic N) is 1. The van der Waals surface area contributed by atoms with Crippen LogP contribution in [0.2, 0.25) is 0 Å². The van der Waals surface area contributed by atoms with E-state index in [-0.39, 0.29) is 31.4 Å². The Bertz CT molecular complexity index is 1180. The summed E-state index contributed by atoms with van der Waals surface area (Å²) in [6.07, 6.45) is -9.97. The van der Waals surface area contributed by atoms with Gasteiger partial charge in [0.05, 0.1) is 53.7 Å². The van der Waals surface area contributed by atoms with E-state index in [1.165, 1.54) is 14.0 Å². The van der Waals surface area contributed by atoms with Gasteiger partial charge < -0.3 is 69.7 Å². The molecule has 0 bridgehead atoms. The molecule has 3 heterocycles. The molecule has 0 aromatic heterocycles. The first-order valence-corrected chi connectivity index (χ1v) is 19.9. The van der Waals surface area contributed by atoms with E-state index in [1.54, 1.807) is 55.4 Å². The molecule has 0 aromatic rings. The first-order valence-electron chi connectivity index (χ1n) is 19.9. The normalized spacial score (nSPS) is 49.0. The van der Waals surface area contributed by atoms with E-state index < -0.39 is 108 Å². The number of aliphatic hydroxyl groups is 6. The number of nitrogens with two attached hydrogens (primary N) is 1. The number of esters is 1. The van der Waals surface area contributed by atoms with Gasteiger partial charge in [-0.25, -0.2) is 0 Å². The lowest BCUT2D eigenvalue weighted by atomic mass is 9.73. The summed E-state index contributed by atoms with van der Waals surface area (Å²) in [7, 11) is 3.40. The average molecular weight is 779 g/mol. The third-order valence-corrected chi connectivity index (χ3v) is 12.7. The highest BCUT2D eigenvalue weighted by Crippen LogP contribution is 2.41. The maximum atomic E-state index is 14.2. The minimum atomic E-state index is -1.94. The molecule has 3 aliphatic heterocycles. The Hall–Kier alpha value is -1.05. The first-order chi connectivity index (χ1) is 25.0. The maximum absolute atomic E-state index is 14.2. The molecule has 0 amide bonds. The lowest BCUT2D eigenvalue weighted by Gasteiger charge is -2.49. The zero-order valence-electron chi connectivity index (χ0n) is 34.8. The Labute approximate surface area is 322 Å². The second-order valence-electron chi connectivity index (χ2n) is 17.4. The van der Waals surface area contributed by atoms with E-state index in [0.29, 0.717) is 19.5 Å². The fourth-order valence-corrected chi connectivity index (χ4v) is 9.02. The smallest absolute Gasteiger partial charge is 0.311 e. The molecule has 0 spiro atoms. The number of hydrogen-bond acceptors (Lipinski definition) is 15. The molecule has 0 aromatic carbocycles. The van der Waals surface area contributed by atoms with Crippen molar-refractivity contribution < 1.29 is 63.9 Å². The summed E-state index contributed by atoms with van der Waals surface area (Å²) in [6, 6.07) is -0.345. The highest BCUT2D eigenvalue weighted by molar-refractivity contribution is 5.73. The summed E-state index contributed by atoms with van der Waals surface area (Å²) in [6.45, 7) is 17.8. The molecule has 0 unspecified atom stereocenters. The molecule has 0 saturated carbocycles. The van der Waals surface area contributed by atoms with Crippen molar-refractivity contribution in [2.24, 2.45) is 29.4 Å². The molecule has 15 heteroatoms. The van der Waals surface area contributed by atoms with E-state index in [0.717, 1.165) is 6.42 Å². The summed E-state index contributed by atoms with van der Waals surface area (Å²) in [4.78, 5) is 16.2. The number of carbonyl (C=O) groups excluding carboxylic acids is 1. The first kappa shape index (κ1) is 47.3. The summed E-state index contributed by atoms with van der Waals surface area (Å²) in [5, 5.41) is 69.8. The van der Waals surface area contributed by atoms with Crippen LogP contribution in [-0.4, -0.2) is 159 Å². The van der Waals surface area contributed by atoms with Gasteiger partial charge in [0.1, 0.15) is 23.9 Å². The molecule has 54 heavy (non-hydrogen) atoms. The number of carbonyl (C=O) groups is 1. The second kappa shape index (κ2) is 19.1. The average Bonchev–Trinajstić information content (AvgIpc) is 3.11. The van der Waals surface area contributed by atoms with Gasteiger partial charge in [0.2, 0.25) is 0 Å². The molecule has 8 N–H and O–H groups in total. The molecule has 0 aliphatic carbocycles. The fourth-order valence-electron chi connectivity index (χ4n) is 9.02. The van der Waals surface area contributed by atoms with Crippen LogP contribution in [0.1, 0.15) is 101 Å². The number of cyclic esters (lactones) is 1. The van der Waals surface area contributed by atoms with Crippen molar-refractivity contribution in [2.45, 2.75) is 192 Å². The summed E-state index contributed by atoms with van der Waals surface area (Å²) in [5.41, 5.74) is 1.03. The van der Waals surface area contributed by atoms with Gasteiger partial charge in [-0.05, 0) is 93.3 Å². The van der Waals surface area contributed by atoms with Gasteiger partial charge in [0, 0.05) is 31.4 Å². The van der Waals surface area contributed by atoms with E-state index >= 15 is 0 Å². The van der Waals surface area contributed by atoms with Crippen molar-refractivity contribution >= 4 is 5.97 Å². The van der Waals surface area contributed by atoms with E-state index in [1.807, 2.05) is 18.9 Å². The molecule has 3 aliphatic rings. The lowest BCUT2D eigenvalue weighted by molar-refractivity contribution is -0.318. The van der Waals surface area contributed by atoms with Gasteiger partial charge in [-0.15, -0.1) is 0 Å². The van der Waals surface area contributed by atoms with Crippen molar-refractivity contribution in [3.8, 4) is 0 Å². The van der Waals surface area contributed by atoms with Crippen LogP contribution in [0.25, 0.3) is 0 Å². The molecule has 3 saturated heterocycles. The summed E-state index contributed by atoms with van der Waals surface area (Å²) < 4.78 is 37.4. The highest BCUT2D eigenvalue weighted by Gasteiger charge is 2.53. The number of hydrogen-bond donors (Lipinski definition) is 7. The van der Waals surface area contributed by atoms with Crippen molar-refractivity contribution in [3.63, 3.8) is 0 Å². The van der Waals surface area contributed by atoms with Crippen molar-refractivity contribution in [1.29, 1.82) is 0 Å². The van der Waals surface area contributed by atoms with Crippen LogP contribution in [-0.2, 0) is 33.2 Å². The second-order valence-corrected chi connectivity index (χ2v) is 17.4. The molecule has 19 atom stereocenters. The van der Waals surface area contributed by atoms with Crippen LogP contribution in [0.5, 0.6) is 0 Å². The minimum absolute atomic E-state index is 0.0474. The van der Waals surface area contributed by atoms with Gasteiger partial charge in [0.15, 0.2) is 12.6 Å². The Kier molecular flexibility index (Phi) is 16.8. The number of ether oxygens (including phenoxy) is 6. The van der Waals surface area contributed by atoms with Gasteiger partial charge in [0.25, 0.3) is 0 Å². The predicted molar refractivity (Wildman–Crippen MR) is 200 cm³/mol. The molecule has 0 radical (unpaired) electrons. The molecular formula is C39H74N2O13. The monoisotopic (exact) mass is 779 g/mol. The SMILES string of the molecule is CC[C@H]1OC(=O)[C@H](C)[C@@H](O[C@H]2C[C@@](C)(OC)[C@@H](O)[C@H](C)O2)[C@H](C)[C@@H](O[C@@H]2O[C@H](C)C[C@H](N(C)CCCN)[C@H]2O)[C@](C)(O)C[C@@H](C)[C@H](O)[C@H](C)[C@@H](O)[C@]1(C)O. The van der Waals surface area contributed by atoms with Crippen molar-refractivity contribution in [1.82, 2.24) is 4.90 Å². The van der Waals surface area contributed by atoms with Gasteiger partial charge >= 0.3 is 5.97 Å². The largest absolute Gasteiger partial charge is 0.459 e. The quantitative estimate of drug-likeness (QED) is 0.155.